The van der Waals surface area contributed by atoms with Crippen LogP contribution in [0, 0.1) is 5.92 Å². The van der Waals surface area contributed by atoms with E-state index in [1.54, 1.807) is 0 Å². The van der Waals surface area contributed by atoms with Crippen LogP contribution in [0.1, 0.15) is 58.8 Å². The van der Waals surface area contributed by atoms with Crippen molar-refractivity contribution in [1.29, 1.82) is 0 Å². The second-order valence-corrected chi connectivity index (χ2v) is 4.84. The molecule has 1 aliphatic heterocycles. The summed E-state index contributed by atoms with van der Waals surface area (Å²) in [5.41, 5.74) is 1.05. The molecule has 16 heavy (non-hydrogen) atoms. The fraction of sp³-hybridized carbons (Fsp3) is 0.786. The standard InChI is InChI=1S/C14H25NO/c1-4-6-8-13(5-2)11-12(3)15-10-7-9-14(15)16/h13H,3-11H2,1-2H3. The van der Waals surface area contributed by atoms with Gasteiger partial charge in [0.2, 0.25) is 5.91 Å². The van der Waals surface area contributed by atoms with Gasteiger partial charge in [-0.2, -0.15) is 0 Å². The molecule has 0 aliphatic carbocycles. The van der Waals surface area contributed by atoms with Crippen LogP contribution in [0.15, 0.2) is 12.3 Å². The Hall–Kier alpha value is -0.790. The van der Waals surface area contributed by atoms with Crippen LogP contribution in [0.4, 0.5) is 0 Å². The van der Waals surface area contributed by atoms with Gasteiger partial charge in [-0.05, 0) is 18.8 Å². The van der Waals surface area contributed by atoms with E-state index < -0.39 is 0 Å². The maximum atomic E-state index is 11.6. The highest BCUT2D eigenvalue weighted by Gasteiger charge is 2.23. The van der Waals surface area contributed by atoms with E-state index in [0.717, 1.165) is 25.1 Å². The average molecular weight is 223 g/mol. The molecule has 1 unspecified atom stereocenters. The molecule has 0 spiro atoms. The number of carbonyl (C=O) groups is 1. The summed E-state index contributed by atoms with van der Waals surface area (Å²) in [5.74, 6) is 0.983. The molecule has 1 saturated heterocycles. The third-order valence-corrected chi connectivity index (χ3v) is 3.52. The van der Waals surface area contributed by atoms with Crippen LogP contribution in [0.25, 0.3) is 0 Å². The van der Waals surface area contributed by atoms with Crippen molar-refractivity contribution in [3.05, 3.63) is 12.3 Å². The zero-order valence-corrected chi connectivity index (χ0v) is 10.8. The Morgan fingerprint density at radius 2 is 2.25 bits per heavy atom. The van der Waals surface area contributed by atoms with Gasteiger partial charge in [-0.25, -0.2) is 0 Å². The molecule has 0 saturated carbocycles. The molecule has 1 fully saturated rings. The predicted octanol–water partition coefficient (Wildman–Crippen LogP) is 3.73. The molecule has 2 nitrogen and oxygen atoms in total. The van der Waals surface area contributed by atoms with Crippen LogP contribution in [0.5, 0.6) is 0 Å². The normalized spacial score (nSPS) is 17.9. The molecule has 2 heteroatoms. The van der Waals surface area contributed by atoms with E-state index in [2.05, 4.69) is 20.4 Å². The molecule has 1 amide bonds. The minimum absolute atomic E-state index is 0.273. The van der Waals surface area contributed by atoms with Gasteiger partial charge in [0.1, 0.15) is 0 Å². The minimum atomic E-state index is 0.273. The van der Waals surface area contributed by atoms with Gasteiger partial charge in [0.15, 0.2) is 0 Å². The van der Waals surface area contributed by atoms with Crippen molar-refractivity contribution >= 4 is 5.91 Å². The zero-order chi connectivity index (χ0) is 12.0. The van der Waals surface area contributed by atoms with Crippen molar-refractivity contribution < 1.29 is 4.79 Å². The van der Waals surface area contributed by atoms with E-state index in [4.69, 9.17) is 0 Å². The number of rotatable bonds is 7. The molecule has 0 aromatic rings. The fourth-order valence-corrected chi connectivity index (χ4v) is 2.37. The summed E-state index contributed by atoms with van der Waals surface area (Å²) in [5, 5.41) is 0. The molecular weight excluding hydrogens is 198 g/mol. The lowest BCUT2D eigenvalue weighted by Crippen LogP contribution is -2.24. The Balaban J connectivity index is 2.38. The highest BCUT2D eigenvalue weighted by atomic mass is 16.2. The maximum absolute atomic E-state index is 11.6. The number of likely N-dealkylation sites (tertiary alicyclic amines) is 1. The molecule has 92 valence electrons. The Bertz CT molecular complexity index is 247. The Kier molecular flexibility index (Phi) is 5.58. The molecular formula is C14H25NO. The highest BCUT2D eigenvalue weighted by molar-refractivity contribution is 5.79. The third-order valence-electron chi connectivity index (χ3n) is 3.52. The molecule has 1 atom stereocenters. The lowest BCUT2D eigenvalue weighted by atomic mass is 9.94. The number of carbonyl (C=O) groups excluding carboxylic acids is 1. The third kappa shape index (κ3) is 3.66. The van der Waals surface area contributed by atoms with Gasteiger partial charge in [0, 0.05) is 18.7 Å². The van der Waals surface area contributed by atoms with Crippen LogP contribution >= 0.6 is 0 Å². The number of unbranched alkanes of at least 4 members (excludes halogenated alkanes) is 1. The topological polar surface area (TPSA) is 20.3 Å². The Morgan fingerprint density at radius 1 is 1.50 bits per heavy atom. The van der Waals surface area contributed by atoms with Gasteiger partial charge in [-0.3, -0.25) is 4.79 Å². The Labute approximate surface area is 99.7 Å². The number of hydrogen-bond acceptors (Lipinski definition) is 1. The molecule has 0 bridgehead atoms. The summed E-state index contributed by atoms with van der Waals surface area (Å²) in [6.07, 6.45) is 7.73. The van der Waals surface area contributed by atoms with Crippen LogP contribution in [0.2, 0.25) is 0 Å². The number of hydrogen-bond donors (Lipinski definition) is 0. The Morgan fingerprint density at radius 3 is 2.75 bits per heavy atom. The van der Waals surface area contributed by atoms with E-state index in [-0.39, 0.29) is 5.91 Å². The van der Waals surface area contributed by atoms with Crippen molar-refractivity contribution in [2.24, 2.45) is 5.92 Å². The predicted molar refractivity (Wildman–Crippen MR) is 68.0 cm³/mol. The van der Waals surface area contributed by atoms with E-state index in [1.807, 2.05) is 4.90 Å². The molecule has 0 aromatic heterocycles. The molecule has 1 heterocycles. The van der Waals surface area contributed by atoms with Gasteiger partial charge in [0.05, 0.1) is 0 Å². The van der Waals surface area contributed by atoms with E-state index in [1.165, 1.54) is 25.7 Å². The van der Waals surface area contributed by atoms with Crippen molar-refractivity contribution in [1.82, 2.24) is 4.90 Å². The minimum Gasteiger partial charge on any atom is -0.317 e. The molecule has 1 rings (SSSR count). The molecule has 0 N–H and O–H groups in total. The first-order chi connectivity index (χ1) is 7.69. The van der Waals surface area contributed by atoms with Gasteiger partial charge in [0.25, 0.3) is 0 Å². The van der Waals surface area contributed by atoms with Crippen LogP contribution < -0.4 is 0 Å². The summed E-state index contributed by atoms with van der Waals surface area (Å²) < 4.78 is 0. The summed E-state index contributed by atoms with van der Waals surface area (Å²) in [4.78, 5) is 13.5. The summed E-state index contributed by atoms with van der Waals surface area (Å²) in [7, 11) is 0. The quantitative estimate of drug-likeness (QED) is 0.644. The summed E-state index contributed by atoms with van der Waals surface area (Å²) in [6.45, 7) is 9.44. The van der Waals surface area contributed by atoms with Crippen molar-refractivity contribution in [2.45, 2.75) is 58.8 Å². The number of amides is 1. The van der Waals surface area contributed by atoms with Gasteiger partial charge < -0.3 is 4.90 Å². The van der Waals surface area contributed by atoms with E-state index in [0.29, 0.717) is 12.3 Å². The van der Waals surface area contributed by atoms with Crippen LogP contribution in [-0.2, 0) is 4.79 Å². The van der Waals surface area contributed by atoms with Crippen LogP contribution in [-0.4, -0.2) is 17.4 Å². The van der Waals surface area contributed by atoms with Crippen LogP contribution in [0.3, 0.4) is 0 Å². The summed E-state index contributed by atoms with van der Waals surface area (Å²) in [6, 6.07) is 0. The van der Waals surface area contributed by atoms with Crippen molar-refractivity contribution in [3.8, 4) is 0 Å². The SMILES string of the molecule is C=C(CC(CC)CCCC)N1CCCC1=O. The van der Waals surface area contributed by atoms with Crippen molar-refractivity contribution in [3.63, 3.8) is 0 Å². The smallest absolute Gasteiger partial charge is 0.226 e. The van der Waals surface area contributed by atoms with Gasteiger partial charge in [-0.15, -0.1) is 0 Å². The molecule has 0 radical (unpaired) electrons. The maximum Gasteiger partial charge on any atom is 0.226 e. The largest absolute Gasteiger partial charge is 0.317 e. The van der Waals surface area contributed by atoms with Gasteiger partial charge in [-0.1, -0.05) is 46.1 Å². The van der Waals surface area contributed by atoms with Gasteiger partial charge >= 0.3 is 0 Å². The second kappa shape index (κ2) is 6.72. The first kappa shape index (κ1) is 13.3. The lowest BCUT2D eigenvalue weighted by molar-refractivity contribution is -0.126. The molecule has 1 aliphatic rings. The second-order valence-electron chi connectivity index (χ2n) is 4.84. The zero-order valence-electron chi connectivity index (χ0n) is 10.8. The monoisotopic (exact) mass is 223 g/mol. The van der Waals surface area contributed by atoms with E-state index in [9.17, 15) is 4.79 Å². The highest BCUT2D eigenvalue weighted by Crippen LogP contribution is 2.25. The van der Waals surface area contributed by atoms with E-state index >= 15 is 0 Å². The first-order valence-electron chi connectivity index (χ1n) is 6.67. The number of allylic oxidation sites excluding steroid dienone is 1. The fourth-order valence-electron chi connectivity index (χ4n) is 2.37. The summed E-state index contributed by atoms with van der Waals surface area (Å²) >= 11 is 0. The lowest BCUT2D eigenvalue weighted by Gasteiger charge is -2.23. The molecule has 0 aromatic carbocycles. The first-order valence-corrected chi connectivity index (χ1v) is 6.67. The number of nitrogens with zero attached hydrogens (tertiary/aromatic N) is 1. The van der Waals surface area contributed by atoms with Crippen molar-refractivity contribution in [2.75, 3.05) is 6.54 Å². The average Bonchev–Trinajstić information content (AvgIpc) is 2.70.